The van der Waals surface area contributed by atoms with Crippen molar-refractivity contribution in [2.45, 2.75) is 13.5 Å². The van der Waals surface area contributed by atoms with Gasteiger partial charge in [0.1, 0.15) is 5.75 Å². The zero-order valence-electron chi connectivity index (χ0n) is 18.7. The number of nitrogens with one attached hydrogen (secondary N) is 1. The molecule has 2 heterocycles. The van der Waals surface area contributed by atoms with Crippen LogP contribution in [0.4, 0.5) is 5.95 Å². The summed E-state index contributed by atoms with van der Waals surface area (Å²) < 4.78 is 10.4. The maximum absolute atomic E-state index is 13.0. The standard InChI is InChI=1S/C23H23BrN6O3/c1-14-5-7-15(8-6-14)13-30-19-20(28(2)23(32)29(3)21(19)31)26-22(30)27-25-12-16-11-17(24)9-10-18(16)33-4/h5-12H,13H2,1-4H3,(H,26,27)/b25-12+. The molecule has 0 aliphatic heterocycles. The smallest absolute Gasteiger partial charge is 0.332 e. The van der Waals surface area contributed by atoms with Crippen molar-refractivity contribution >= 4 is 39.3 Å². The van der Waals surface area contributed by atoms with Gasteiger partial charge in [0.05, 0.1) is 19.9 Å². The van der Waals surface area contributed by atoms with Crippen LogP contribution >= 0.6 is 15.9 Å². The molecule has 0 amide bonds. The highest BCUT2D eigenvalue weighted by atomic mass is 79.9. The molecule has 0 bridgehead atoms. The van der Waals surface area contributed by atoms with Crippen molar-refractivity contribution < 1.29 is 4.74 Å². The summed E-state index contributed by atoms with van der Waals surface area (Å²) >= 11 is 3.45. The second-order valence-electron chi connectivity index (χ2n) is 7.64. The molecular weight excluding hydrogens is 488 g/mol. The monoisotopic (exact) mass is 510 g/mol. The molecule has 0 aliphatic carbocycles. The van der Waals surface area contributed by atoms with Gasteiger partial charge in [-0.1, -0.05) is 45.8 Å². The molecule has 0 fully saturated rings. The lowest BCUT2D eigenvalue weighted by atomic mass is 10.1. The summed E-state index contributed by atoms with van der Waals surface area (Å²) in [4.78, 5) is 30.0. The van der Waals surface area contributed by atoms with Gasteiger partial charge in [-0.3, -0.25) is 18.5 Å². The van der Waals surface area contributed by atoms with Gasteiger partial charge in [-0.15, -0.1) is 0 Å². The Morgan fingerprint density at radius 1 is 1.12 bits per heavy atom. The normalized spacial score (nSPS) is 11.4. The first kappa shape index (κ1) is 22.5. The maximum Gasteiger partial charge on any atom is 0.332 e. The van der Waals surface area contributed by atoms with Crippen LogP contribution in [-0.2, 0) is 20.6 Å². The van der Waals surface area contributed by atoms with Crippen LogP contribution in [-0.4, -0.2) is 32.0 Å². The van der Waals surface area contributed by atoms with Crippen molar-refractivity contribution in [2.24, 2.45) is 19.2 Å². The third-order valence-corrected chi connectivity index (χ3v) is 5.86. The van der Waals surface area contributed by atoms with E-state index >= 15 is 0 Å². The van der Waals surface area contributed by atoms with E-state index in [4.69, 9.17) is 4.74 Å². The van der Waals surface area contributed by atoms with Crippen LogP contribution in [0.15, 0.2) is 61.6 Å². The minimum atomic E-state index is -0.443. The fourth-order valence-electron chi connectivity index (χ4n) is 3.53. The van der Waals surface area contributed by atoms with E-state index in [0.717, 1.165) is 25.7 Å². The molecule has 0 aliphatic rings. The van der Waals surface area contributed by atoms with E-state index in [1.54, 1.807) is 24.9 Å². The molecule has 0 saturated carbocycles. The Kier molecular flexibility index (Phi) is 6.19. The lowest BCUT2D eigenvalue weighted by molar-refractivity contribution is 0.414. The molecule has 0 spiro atoms. The molecule has 0 saturated heterocycles. The van der Waals surface area contributed by atoms with Crippen molar-refractivity contribution in [3.05, 3.63) is 84.5 Å². The van der Waals surface area contributed by atoms with Gasteiger partial charge < -0.3 is 4.74 Å². The molecule has 9 nitrogen and oxygen atoms in total. The molecule has 2 aromatic heterocycles. The average Bonchev–Trinajstić information content (AvgIpc) is 3.16. The topological polar surface area (TPSA) is 95.4 Å². The summed E-state index contributed by atoms with van der Waals surface area (Å²) in [7, 11) is 4.64. The van der Waals surface area contributed by atoms with E-state index in [-0.39, 0.29) is 5.65 Å². The SMILES string of the molecule is COc1ccc(Br)cc1/C=N/Nc1nc2c(c(=O)n(C)c(=O)n2C)n1Cc1ccc(C)cc1. The Morgan fingerprint density at radius 2 is 1.85 bits per heavy atom. The molecule has 1 N–H and O–H groups in total. The van der Waals surface area contributed by atoms with Gasteiger partial charge in [-0.05, 0) is 30.7 Å². The largest absolute Gasteiger partial charge is 0.496 e. The maximum atomic E-state index is 13.0. The zero-order chi connectivity index (χ0) is 23.7. The predicted octanol–water partition coefficient (Wildman–Crippen LogP) is 3.01. The van der Waals surface area contributed by atoms with E-state index in [2.05, 4.69) is 31.4 Å². The summed E-state index contributed by atoms with van der Waals surface area (Å²) in [6, 6.07) is 13.6. The van der Waals surface area contributed by atoms with Crippen LogP contribution in [0.1, 0.15) is 16.7 Å². The molecule has 0 atom stereocenters. The van der Waals surface area contributed by atoms with Crippen LogP contribution in [0.25, 0.3) is 11.2 Å². The highest BCUT2D eigenvalue weighted by Gasteiger charge is 2.19. The highest BCUT2D eigenvalue weighted by Crippen LogP contribution is 2.22. The molecule has 33 heavy (non-hydrogen) atoms. The minimum Gasteiger partial charge on any atom is -0.496 e. The molecule has 4 aromatic rings. The van der Waals surface area contributed by atoms with Crippen molar-refractivity contribution in [3.8, 4) is 5.75 Å². The number of imidazole rings is 1. The lowest BCUT2D eigenvalue weighted by Crippen LogP contribution is -2.37. The fourth-order valence-corrected chi connectivity index (χ4v) is 3.91. The van der Waals surface area contributed by atoms with Gasteiger partial charge in [-0.2, -0.15) is 10.1 Å². The van der Waals surface area contributed by atoms with Gasteiger partial charge in [0.2, 0.25) is 5.95 Å². The number of aromatic nitrogens is 4. The molecule has 4 rings (SSSR count). The quantitative estimate of drug-likeness (QED) is 0.317. The minimum absolute atomic E-state index is 0.285. The van der Waals surface area contributed by atoms with E-state index in [1.165, 1.54) is 11.6 Å². The zero-order valence-corrected chi connectivity index (χ0v) is 20.3. The summed E-state index contributed by atoms with van der Waals surface area (Å²) in [6.45, 7) is 2.39. The first-order chi connectivity index (χ1) is 15.8. The molecule has 0 radical (unpaired) electrons. The van der Waals surface area contributed by atoms with E-state index < -0.39 is 11.2 Å². The molecule has 0 unspecified atom stereocenters. The Hall–Kier alpha value is -3.66. The Morgan fingerprint density at radius 3 is 2.55 bits per heavy atom. The second-order valence-corrected chi connectivity index (χ2v) is 8.56. The number of halogens is 1. The highest BCUT2D eigenvalue weighted by molar-refractivity contribution is 9.10. The Bertz CT molecular complexity index is 1480. The summed E-state index contributed by atoms with van der Waals surface area (Å²) in [6.07, 6.45) is 1.61. The number of methoxy groups -OCH3 is 1. The number of aryl methyl sites for hydroxylation is 2. The number of ether oxygens (including phenoxy) is 1. The summed E-state index contributed by atoms with van der Waals surface area (Å²) in [5, 5.41) is 4.32. The molecule has 10 heteroatoms. The number of hydrogen-bond acceptors (Lipinski definition) is 6. The number of benzene rings is 2. The van der Waals surface area contributed by atoms with Crippen LogP contribution in [0.2, 0.25) is 0 Å². The number of hydrogen-bond donors (Lipinski definition) is 1. The summed E-state index contributed by atoms with van der Waals surface area (Å²) in [5.74, 6) is 1.00. The number of nitrogens with zero attached hydrogens (tertiary/aromatic N) is 5. The number of hydrazone groups is 1. The van der Waals surface area contributed by atoms with Crippen molar-refractivity contribution in [2.75, 3.05) is 12.5 Å². The van der Waals surface area contributed by atoms with Crippen LogP contribution in [0, 0.1) is 6.92 Å². The molecular formula is C23H23BrN6O3. The molecule has 2 aromatic carbocycles. The third-order valence-electron chi connectivity index (χ3n) is 5.37. The van der Waals surface area contributed by atoms with E-state index in [9.17, 15) is 9.59 Å². The number of anilines is 1. The lowest BCUT2D eigenvalue weighted by Gasteiger charge is -2.10. The number of fused-ring (bicyclic) bond motifs is 1. The van der Waals surface area contributed by atoms with Crippen molar-refractivity contribution in [1.82, 2.24) is 18.7 Å². The van der Waals surface area contributed by atoms with Crippen molar-refractivity contribution in [1.29, 1.82) is 0 Å². The third kappa shape index (κ3) is 4.34. The first-order valence-electron chi connectivity index (χ1n) is 10.1. The predicted molar refractivity (Wildman–Crippen MR) is 132 cm³/mol. The Labute approximate surface area is 198 Å². The van der Waals surface area contributed by atoms with Gasteiger partial charge >= 0.3 is 5.69 Å². The Balaban J connectivity index is 1.81. The van der Waals surface area contributed by atoms with Gasteiger partial charge in [0, 0.05) is 24.1 Å². The van der Waals surface area contributed by atoms with E-state index in [0.29, 0.717) is 23.8 Å². The van der Waals surface area contributed by atoms with Crippen LogP contribution in [0.3, 0.4) is 0 Å². The molecule has 170 valence electrons. The fraction of sp³-hybridized carbons (Fsp3) is 0.217. The van der Waals surface area contributed by atoms with Gasteiger partial charge in [-0.25, -0.2) is 10.2 Å². The first-order valence-corrected chi connectivity index (χ1v) is 10.9. The average molecular weight is 511 g/mol. The summed E-state index contributed by atoms with van der Waals surface area (Å²) in [5.41, 5.74) is 5.55. The van der Waals surface area contributed by atoms with Crippen molar-refractivity contribution in [3.63, 3.8) is 0 Å². The number of rotatable bonds is 6. The van der Waals surface area contributed by atoms with Gasteiger partial charge in [0.25, 0.3) is 5.56 Å². The van der Waals surface area contributed by atoms with E-state index in [1.807, 2.05) is 49.4 Å². The van der Waals surface area contributed by atoms with Gasteiger partial charge in [0.15, 0.2) is 11.2 Å². The van der Waals surface area contributed by atoms with Crippen LogP contribution < -0.4 is 21.4 Å². The second kappa shape index (κ2) is 9.07. The van der Waals surface area contributed by atoms with Crippen LogP contribution in [0.5, 0.6) is 5.75 Å².